The average molecular weight is 415 g/mol. The minimum atomic E-state index is -0.141. The number of benzene rings is 2. The van der Waals surface area contributed by atoms with Gasteiger partial charge in [0.2, 0.25) is 5.65 Å². The number of anilines is 2. The lowest BCUT2D eigenvalue weighted by Gasteiger charge is -2.36. The fourth-order valence-electron chi connectivity index (χ4n) is 4.06. The van der Waals surface area contributed by atoms with Gasteiger partial charge in [-0.05, 0) is 31.5 Å². The number of hydrogen-bond acceptors (Lipinski definition) is 5. The second-order valence-electron chi connectivity index (χ2n) is 8.18. The van der Waals surface area contributed by atoms with Gasteiger partial charge >= 0.3 is 5.69 Å². The predicted molar refractivity (Wildman–Crippen MR) is 123 cm³/mol. The molecule has 0 radical (unpaired) electrons. The van der Waals surface area contributed by atoms with Crippen LogP contribution in [0.4, 0.5) is 11.5 Å². The van der Waals surface area contributed by atoms with Gasteiger partial charge in [0, 0.05) is 44.3 Å². The molecule has 7 heteroatoms. The van der Waals surface area contributed by atoms with E-state index in [0.717, 1.165) is 37.6 Å². The van der Waals surface area contributed by atoms with Gasteiger partial charge in [-0.2, -0.15) is 0 Å². The highest BCUT2D eigenvalue weighted by Gasteiger charge is 2.22. The van der Waals surface area contributed by atoms with Crippen LogP contribution in [0.3, 0.4) is 0 Å². The average Bonchev–Trinajstić information content (AvgIpc) is 3.11. The molecule has 1 saturated heterocycles. The van der Waals surface area contributed by atoms with Crippen LogP contribution >= 0.6 is 0 Å². The minimum absolute atomic E-state index is 0.141. The molecule has 3 heterocycles. The SMILES string of the molecule is Cc1ccc(Cn2nc3c(N4CCN(c5ccc(C)cc5)CC4)nccn3c2=O)cc1. The third-order valence-corrected chi connectivity index (χ3v) is 5.91. The maximum atomic E-state index is 12.9. The number of rotatable bonds is 4. The van der Waals surface area contributed by atoms with Gasteiger partial charge in [-0.25, -0.2) is 18.9 Å². The summed E-state index contributed by atoms with van der Waals surface area (Å²) in [7, 11) is 0. The van der Waals surface area contributed by atoms with E-state index in [0.29, 0.717) is 12.2 Å². The molecular weight excluding hydrogens is 388 g/mol. The summed E-state index contributed by atoms with van der Waals surface area (Å²) in [5.41, 5.74) is 5.24. The van der Waals surface area contributed by atoms with Gasteiger partial charge in [0.05, 0.1) is 6.54 Å². The molecule has 0 saturated carbocycles. The quantitative estimate of drug-likeness (QED) is 0.514. The molecule has 0 amide bonds. The summed E-state index contributed by atoms with van der Waals surface area (Å²) >= 11 is 0. The lowest BCUT2D eigenvalue weighted by atomic mass is 10.1. The van der Waals surface area contributed by atoms with Crippen molar-refractivity contribution in [1.82, 2.24) is 19.2 Å². The van der Waals surface area contributed by atoms with Crippen molar-refractivity contribution >= 4 is 17.2 Å². The van der Waals surface area contributed by atoms with Gasteiger partial charge in [0.1, 0.15) is 0 Å². The van der Waals surface area contributed by atoms with Gasteiger partial charge in [0.15, 0.2) is 5.82 Å². The zero-order valence-corrected chi connectivity index (χ0v) is 17.9. The molecular formula is C24H26N6O. The molecule has 2 aromatic heterocycles. The van der Waals surface area contributed by atoms with Crippen LogP contribution in [0.1, 0.15) is 16.7 Å². The normalized spacial score (nSPS) is 14.4. The number of piperazine rings is 1. The van der Waals surface area contributed by atoms with Gasteiger partial charge in [-0.1, -0.05) is 47.5 Å². The summed E-state index contributed by atoms with van der Waals surface area (Å²) in [5, 5.41) is 4.64. The fourth-order valence-corrected chi connectivity index (χ4v) is 4.06. The molecule has 4 aromatic rings. The van der Waals surface area contributed by atoms with Gasteiger partial charge < -0.3 is 9.80 Å². The summed E-state index contributed by atoms with van der Waals surface area (Å²) in [4.78, 5) is 22.1. The monoisotopic (exact) mass is 414 g/mol. The van der Waals surface area contributed by atoms with Crippen molar-refractivity contribution in [3.63, 3.8) is 0 Å². The number of aromatic nitrogens is 4. The molecule has 0 atom stereocenters. The van der Waals surface area contributed by atoms with E-state index in [4.69, 9.17) is 0 Å². The Hall–Kier alpha value is -3.61. The van der Waals surface area contributed by atoms with Crippen molar-refractivity contribution in [2.45, 2.75) is 20.4 Å². The van der Waals surface area contributed by atoms with Crippen LogP contribution in [0.5, 0.6) is 0 Å². The number of hydrogen-bond donors (Lipinski definition) is 0. The number of aryl methyl sites for hydroxylation is 2. The van der Waals surface area contributed by atoms with Gasteiger partial charge in [0.25, 0.3) is 0 Å². The first-order valence-corrected chi connectivity index (χ1v) is 10.6. The van der Waals surface area contributed by atoms with Crippen molar-refractivity contribution in [2.75, 3.05) is 36.0 Å². The molecule has 1 aliphatic heterocycles. The molecule has 7 nitrogen and oxygen atoms in total. The highest BCUT2D eigenvalue weighted by molar-refractivity contribution is 5.64. The van der Waals surface area contributed by atoms with E-state index in [-0.39, 0.29) is 5.69 Å². The topological polar surface area (TPSA) is 58.7 Å². The fraction of sp³-hybridized carbons (Fsp3) is 0.292. The Morgan fingerprint density at radius 3 is 2.13 bits per heavy atom. The van der Waals surface area contributed by atoms with Crippen LogP contribution in [0, 0.1) is 13.8 Å². The highest BCUT2D eigenvalue weighted by atomic mass is 16.2. The van der Waals surface area contributed by atoms with E-state index in [9.17, 15) is 4.79 Å². The summed E-state index contributed by atoms with van der Waals surface area (Å²) in [5.74, 6) is 0.769. The molecule has 0 unspecified atom stereocenters. The number of fused-ring (bicyclic) bond motifs is 1. The highest BCUT2D eigenvalue weighted by Crippen LogP contribution is 2.21. The largest absolute Gasteiger partial charge is 0.368 e. The van der Waals surface area contributed by atoms with E-state index in [1.54, 1.807) is 16.8 Å². The molecule has 1 fully saturated rings. The van der Waals surface area contributed by atoms with Crippen LogP contribution in [0.25, 0.3) is 5.65 Å². The minimum Gasteiger partial charge on any atom is -0.368 e. The smallest absolute Gasteiger partial charge is 0.350 e. The Morgan fingerprint density at radius 1 is 0.839 bits per heavy atom. The zero-order chi connectivity index (χ0) is 21.4. The van der Waals surface area contributed by atoms with Crippen molar-refractivity contribution in [3.8, 4) is 0 Å². The van der Waals surface area contributed by atoms with E-state index in [1.165, 1.54) is 21.5 Å². The second kappa shape index (κ2) is 7.91. The lowest BCUT2D eigenvalue weighted by Crippen LogP contribution is -2.47. The Kier molecular flexibility index (Phi) is 4.94. The molecule has 0 bridgehead atoms. The molecule has 0 N–H and O–H groups in total. The van der Waals surface area contributed by atoms with Crippen LogP contribution in [-0.4, -0.2) is 45.3 Å². The van der Waals surface area contributed by atoms with Crippen molar-refractivity contribution < 1.29 is 0 Å². The van der Waals surface area contributed by atoms with Crippen LogP contribution in [0.2, 0.25) is 0 Å². The first-order valence-electron chi connectivity index (χ1n) is 10.6. The third kappa shape index (κ3) is 3.79. The molecule has 31 heavy (non-hydrogen) atoms. The van der Waals surface area contributed by atoms with Gasteiger partial charge in [-0.3, -0.25) is 0 Å². The maximum Gasteiger partial charge on any atom is 0.350 e. The third-order valence-electron chi connectivity index (χ3n) is 5.91. The standard InChI is InChI=1S/C24H26N6O/c1-18-3-7-20(8-4-18)17-30-24(31)29-12-11-25-22(23(29)26-30)28-15-13-27(14-16-28)21-9-5-19(2)6-10-21/h3-12H,13-17H2,1-2H3. The van der Waals surface area contributed by atoms with E-state index in [2.05, 4.69) is 70.1 Å². The van der Waals surface area contributed by atoms with E-state index >= 15 is 0 Å². The van der Waals surface area contributed by atoms with Crippen molar-refractivity contribution in [1.29, 1.82) is 0 Å². The summed E-state index contributed by atoms with van der Waals surface area (Å²) in [6.07, 6.45) is 3.39. The zero-order valence-electron chi connectivity index (χ0n) is 17.9. The Labute approximate surface area is 181 Å². The molecule has 1 aliphatic rings. The lowest BCUT2D eigenvalue weighted by molar-refractivity contribution is 0.645. The molecule has 0 aliphatic carbocycles. The van der Waals surface area contributed by atoms with Crippen LogP contribution in [0.15, 0.2) is 65.7 Å². The number of nitrogens with zero attached hydrogens (tertiary/aromatic N) is 6. The first kappa shape index (κ1) is 19.4. The Balaban J connectivity index is 1.38. The summed E-state index contributed by atoms with van der Waals surface area (Å²) in [6.45, 7) is 8.08. The van der Waals surface area contributed by atoms with E-state index < -0.39 is 0 Å². The maximum absolute atomic E-state index is 12.9. The summed E-state index contributed by atoms with van der Waals surface area (Å²) < 4.78 is 3.12. The van der Waals surface area contributed by atoms with Crippen molar-refractivity contribution in [3.05, 3.63) is 88.1 Å². The van der Waals surface area contributed by atoms with Crippen LogP contribution in [-0.2, 0) is 6.54 Å². The molecule has 5 rings (SSSR count). The summed E-state index contributed by atoms with van der Waals surface area (Å²) in [6, 6.07) is 16.8. The first-order chi connectivity index (χ1) is 15.1. The van der Waals surface area contributed by atoms with Crippen LogP contribution < -0.4 is 15.5 Å². The molecule has 2 aromatic carbocycles. The van der Waals surface area contributed by atoms with E-state index in [1.807, 2.05) is 12.1 Å². The second-order valence-corrected chi connectivity index (χ2v) is 8.18. The molecule has 0 spiro atoms. The molecule has 158 valence electrons. The Morgan fingerprint density at radius 2 is 1.45 bits per heavy atom. The van der Waals surface area contributed by atoms with Gasteiger partial charge in [-0.15, -0.1) is 5.10 Å². The van der Waals surface area contributed by atoms with Crippen molar-refractivity contribution in [2.24, 2.45) is 0 Å². The predicted octanol–water partition coefficient (Wildman–Crippen LogP) is 2.88. The Bertz CT molecular complexity index is 1250.